The van der Waals surface area contributed by atoms with Crippen LogP contribution in [0.4, 0.5) is 5.69 Å². The van der Waals surface area contributed by atoms with Gasteiger partial charge < -0.3 is 9.88 Å². The maximum Gasteiger partial charge on any atom is 0.262 e. The molecule has 4 heterocycles. The third-order valence-electron chi connectivity index (χ3n) is 9.18. The minimum atomic E-state index is -0.960. The van der Waals surface area contributed by atoms with E-state index in [0.717, 1.165) is 30.0 Å². The van der Waals surface area contributed by atoms with E-state index in [1.165, 1.54) is 35.1 Å². The Labute approximate surface area is 241 Å². The number of hydrogen-bond acceptors (Lipinski definition) is 6. The van der Waals surface area contributed by atoms with Crippen LogP contribution in [0.2, 0.25) is 0 Å². The highest BCUT2D eigenvalue weighted by atomic mass is 16.2. The molecule has 2 saturated carbocycles. The Morgan fingerprint density at radius 1 is 0.929 bits per heavy atom. The summed E-state index contributed by atoms with van der Waals surface area (Å²) in [4.78, 5) is 50.9. The predicted octanol–water partition coefficient (Wildman–Crippen LogP) is 4.17. The van der Waals surface area contributed by atoms with Crippen molar-refractivity contribution in [3.8, 4) is 5.69 Å². The van der Waals surface area contributed by atoms with Crippen LogP contribution >= 0.6 is 0 Å². The molecular formula is C32H30N6O4. The lowest BCUT2D eigenvalue weighted by Crippen LogP contribution is -2.54. The number of carbonyl (C=O) groups excluding carboxylic acids is 4. The van der Waals surface area contributed by atoms with Crippen LogP contribution in [-0.2, 0) is 9.59 Å². The molecular weight excluding hydrogens is 532 g/mol. The van der Waals surface area contributed by atoms with Crippen molar-refractivity contribution in [1.29, 1.82) is 0 Å². The van der Waals surface area contributed by atoms with Crippen LogP contribution in [0.15, 0.2) is 60.9 Å². The van der Waals surface area contributed by atoms with E-state index >= 15 is 0 Å². The van der Waals surface area contributed by atoms with Gasteiger partial charge in [0, 0.05) is 37.0 Å². The molecule has 0 spiro atoms. The van der Waals surface area contributed by atoms with Gasteiger partial charge in [0.2, 0.25) is 11.8 Å². The van der Waals surface area contributed by atoms with Crippen LogP contribution in [0.25, 0.3) is 16.6 Å². The number of carbonyl (C=O) groups is 4. The Hall–Kier alpha value is -4.73. The second-order valence-electron chi connectivity index (χ2n) is 12.0. The number of imide groups is 2. The van der Waals surface area contributed by atoms with Gasteiger partial charge in [-0.1, -0.05) is 18.2 Å². The second kappa shape index (κ2) is 9.40. The van der Waals surface area contributed by atoms with E-state index in [9.17, 15) is 19.2 Å². The largest absolute Gasteiger partial charge is 0.385 e. The van der Waals surface area contributed by atoms with Crippen molar-refractivity contribution in [1.82, 2.24) is 24.6 Å². The second-order valence-corrected chi connectivity index (χ2v) is 12.0. The minimum absolute atomic E-state index is 0.101. The lowest BCUT2D eigenvalue weighted by atomic mass is 9.80. The third kappa shape index (κ3) is 4.04. The summed E-state index contributed by atoms with van der Waals surface area (Å²) in [5, 5.41) is 12.0. The summed E-state index contributed by atoms with van der Waals surface area (Å²) >= 11 is 0. The van der Waals surface area contributed by atoms with Gasteiger partial charge in [-0.05, 0) is 73.7 Å². The standard InChI is InChI=1S/C32H30N6O4/c39-28-10-9-26(30(40)34-28)38-31(41)23-8-7-21(15-24(23)32(38)42)33-16-18-13-22(14-18)37-17-27(29(35-37)20-5-6-20)36-12-11-19-3-1-2-4-25(19)36/h1-4,7-8,11-12,15,17-18,20,22,26,33H,5-6,9-10,13-14,16H2,(H,34,39,40)/t18-,22-,26?. The SMILES string of the molecule is O=C1CCC(N2C(=O)c3ccc(NC[C@H]4C[C@H](n5cc(-n6ccc7ccccc76)c(C6CC6)n5)C4)cc3C2=O)C(=O)N1. The molecule has 2 N–H and O–H groups in total. The number of hydrogen-bond donors (Lipinski definition) is 2. The van der Waals surface area contributed by atoms with Crippen LogP contribution < -0.4 is 10.6 Å². The number of anilines is 1. The Balaban J connectivity index is 0.928. The lowest BCUT2D eigenvalue weighted by molar-refractivity contribution is -0.136. The van der Waals surface area contributed by atoms with Gasteiger partial charge >= 0.3 is 0 Å². The average molecular weight is 563 g/mol. The van der Waals surface area contributed by atoms with E-state index in [0.29, 0.717) is 17.9 Å². The van der Waals surface area contributed by atoms with E-state index in [4.69, 9.17) is 5.10 Å². The number of para-hydroxylation sites is 1. The fourth-order valence-corrected chi connectivity index (χ4v) is 6.64. The van der Waals surface area contributed by atoms with Crippen molar-refractivity contribution < 1.29 is 19.2 Å². The highest BCUT2D eigenvalue weighted by molar-refractivity contribution is 6.23. The fraction of sp³-hybridized carbons (Fsp3) is 0.344. The highest BCUT2D eigenvalue weighted by Gasteiger charge is 2.44. The Morgan fingerprint density at radius 3 is 2.55 bits per heavy atom. The molecule has 2 aliphatic heterocycles. The van der Waals surface area contributed by atoms with Gasteiger partial charge in [-0.3, -0.25) is 34.1 Å². The molecule has 4 aromatic rings. The van der Waals surface area contributed by atoms with Crippen LogP contribution in [0.5, 0.6) is 0 Å². The predicted molar refractivity (Wildman–Crippen MR) is 154 cm³/mol. The van der Waals surface area contributed by atoms with E-state index in [2.05, 4.69) is 62.6 Å². The quantitative estimate of drug-likeness (QED) is 0.327. The lowest BCUT2D eigenvalue weighted by Gasteiger charge is -2.35. The number of fused-ring (bicyclic) bond motifs is 2. The van der Waals surface area contributed by atoms with Gasteiger partial charge in [0.15, 0.2) is 0 Å². The zero-order chi connectivity index (χ0) is 28.5. The molecule has 0 bridgehead atoms. The molecule has 2 aromatic heterocycles. The molecule has 1 atom stereocenters. The first-order valence-electron chi connectivity index (χ1n) is 14.7. The first-order chi connectivity index (χ1) is 20.4. The first kappa shape index (κ1) is 25.0. The molecule has 1 saturated heterocycles. The monoisotopic (exact) mass is 562 g/mol. The van der Waals surface area contributed by atoms with Gasteiger partial charge in [0.05, 0.1) is 34.1 Å². The molecule has 212 valence electrons. The molecule has 4 aliphatic rings. The summed E-state index contributed by atoms with van der Waals surface area (Å²) < 4.78 is 4.43. The van der Waals surface area contributed by atoms with Crippen molar-refractivity contribution in [3.63, 3.8) is 0 Å². The maximum absolute atomic E-state index is 13.1. The average Bonchev–Trinajstić information content (AvgIpc) is 3.50. The molecule has 2 aliphatic carbocycles. The number of piperidine rings is 1. The normalized spacial score (nSPS) is 23.7. The number of nitrogens with one attached hydrogen (secondary N) is 2. The van der Waals surface area contributed by atoms with Crippen LogP contribution in [-0.4, -0.2) is 55.5 Å². The van der Waals surface area contributed by atoms with E-state index in [-0.39, 0.29) is 29.9 Å². The van der Waals surface area contributed by atoms with E-state index in [1.54, 1.807) is 18.2 Å². The van der Waals surface area contributed by atoms with Gasteiger partial charge in [-0.15, -0.1) is 0 Å². The van der Waals surface area contributed by atoms with Gasteiger partial charge in [0.25, 0.3) is 11.8 Å². The van der Waals surface area contributed by atoms with Gasteiger partial charge in [-0.25, -0.2) is 0 Å². The van der Waals surface area contributed by atoms with Crippen molar-refractivity contribution in [2.45, 2.75) is 56.5 Å². The van der Waals surface area contributed by atoms with Crippen molar-refractivity contribution >= 4 is 40.2 Å². The number of nitrogens with zero attached hydrogens (tertiary/aromatic N) is 4. The molecule has 8 rings (SSSR count). The summed E-state index contributed by atoms with van der Waals surface area (Å²) in [6.07, 6.45) is 9.01. The molecule has 2 aromatic carbocycles. The minimum Gasteiger partial charge on any atom is -0.385 e. The van der Waals surface area contributed by atoms with Crippen LogP contribution in [0, 0.1) is 5.92 Å². The van der Waals surface area contributed by atoms with Crippen molar-refractivity contribution in [2.75, 3.05) is 11.9 Å². The Kier molecular flexibility index (Phi) is 5.60. The maximum atomic E-state index is 13.1. The number of rotatable bonds is 7. The highest BCUT2D eigenvalue weighted by Crippen LogP contribution is 2.45. The molecule has 42 heavy (non-hydrogen) atoms. The summed E-state index contributed by atoms with van der Waals surface area (Å²) in [6.45, 7) is 0.750. The third-order valence-corrected chi connectivity index (χ3v) is 9.18. The number of amides is 4. The molecule has 10 nitrogen and oxygen atoms in total. The first-order valence-corrected chi connectivity index (χ1v) is 14.7. The Morgan fingerprint density at radius 2 is 1.74 bits per heavy atom. The summed E-state index contributed by atoms with van der Waals surface area (Å²) in [5.74, 6) is -0.967. The van der Waals surface area contributed by atoms with Crippen LogP contribution in [0.3, 0.4) is 0 Å². The smallest absolute Gasteiger partial charge is 0.262 e. The molecule has 1 unspecified atom stereocenters. The zero-order valence-corrected chi connectivity index (χ0v) is 23.0. The molecule has 10 heteroatoms. The molecule has 0 radical (unpaired) electrons. The summed E-state index contributed by atoms with van der Waals surface area (Å²) in [6, 6.07) is 15.1. The van der Waals surface area contributed by atoms with Gasteiger partial charge in [0.1, 0.15) is 6.04 Å². The van der Waals surface area contributed by atoms with E-state index < -0.39 is 23.8 Å². The fourth-order valence-electron chi connectivity index (χ4n) is 6.64. The number of aromatic nitrogens is 3. The molecule has 4 amide bonds. The van der Waals surface area contributed by atoms with Crippen LogP contribution in [0.1, 0.15) is 76.9 Å². The van der Waals surface area contributed by atoms with Crippen molar-refractivity contribution in [2.24, 2.45) is 5.92 Å². The summed E-state index contributed by atoms with van der Waals surface area (Å²) in [5.41, 5.74) is 4.92. The van der Waals surface area contributed by atoms with Crippen molar-refractivity contribution in [3.05, 3.63) is 77.7 Å². The van der Waals surface area contributed by atoms with Gasteiger partial charge in [-0.2, -0.15) is 5.10 Å². The van der Waals surface area contributed by atoms with E-state index in [1.807, 2.05) is 0 Å². The Bertz CT molecular complexity index is 1790. The zero-order valence-electron chi connectivity index (χ0n) is 23.0. The number of benzene rings is 2. The topological polar surface area (TPSA) is 118 Å². The summed E-state index contributed by atoms with van der Waals surface area (Å²) in [7, 11) is 0. The molecule has 3 fully saturated rings.